The van der Waals surface area contributed by atoms with Gasteiger partial charge in [0.2, 0.25) is 0 Å². The lowest BCUT2D eigenvalue weighted by Gasteiger charge is -2.32. The van der Waals surface area contributed by atoms with Gasteiger partial charge in [-0.1, -0.05) is 29.1 Å². The minimum atomic E-state index is -0.178. The van der Waals surface area contributed by atoms with Gasteiger partial charge in [-0.3, -0.25) is 4.90 Å². The highest BCUT2D eigenvalue weighted by Crippen LogP contribution is 2.25. The lowest BCUT2D eigenvalue weighted by molar-refractivity contribution is -0.188. The molecular weight excluding hydrogens is 526 g/mol. The van der Waals surface area contributed by atoms with Crippen molar-refractivity contribution in [3.05, 3.63) is 95.2 Å². The molecule has 2 fully saturated rings. The Morgan fingerprint density at radius 3 is 2.40 bits per heavy atom. The van der Waals surface area contributed by atoms with Gasteiger partial charge in [-0.15, -0.1) is 0 Å². The molecule has 0 saturated carbocycles. The Morgan fingerprint density at radius 2 is 1.69 bits per heavy atom. The third-order valence-electron chi connectivity index (χ3n) is 7.97. The molecule has 2 aromatic carbocycles. The minimum absolute atomic E-state index is 0.164. The molecule has 2 aliphatic rings. The highest BCUT2D eigenvalue weighted by Gasteiger charge is 2.21. The summed E-state index contributed by atoms with van der Waals surface area (Å²) in [6, 6.07) is 18.7. The Bertz CT molecular complexity index is 1480. The highest BCUT2D eigenvalue weighted by molar-refractivity contribution is 5.59. The highest BCUT2D eigenvalue weighted by atomic mass is 16.7. The SMILES string of the molecule is C[C@H](OC1CCCCO1)c1nccn1Cc1cc(-c2ccc(C#Cc3ccc(CN4CCN(C)CC4)cc3)cc2)on1. The van der Waals surface area contributed by atoms with Crippen LogP contribution in [0.15, 0.2) is 71.5 Å². The van der Waals surface area contributed by atoms with Crippen LogP contribution in [0, 0.1) is 11.8 Å². The number of piperazine rings is 1. The van der Waals surface area contributed by atoms with Gasteiger partial charge in [0.1, 0.15) is 17.6 Å². The number of likely N-dealkylation sites (N-methyl/N-ethyl adjacent to an activating group) is 1. The van der Waals surface area contributed by atoms with E-state index in [2.05, 4.69) is 63.1 Å². The third kappa shape index (κ3) is 7.36. The molecule has 2 aliphatic heterocycles. The van der Waals surface area contributed by atoms with Gasteiger partial charge >= 0.3 is 0 Å². The molecule has 2 saturated heterocycles. The van der Waals surface area contributed by atoms with Crippen LogP contribution in [0.4, 0.5) is 0 Å². The number of nitrogens with zero attached hydrogens (tertiary/aromatic N) is 5. The molecule has 0 radical (unpaired) electrons. The second-order valence-corrected chi connectivity index (χ2v) is 11.3. The van der Waals surface area contributed by atoms with Crippen molar-refractivity contribution in [1.29, 1.82) is 0 Å². The Balaban J connectivity index is 1.04. The first-order chi connectivity index (χ1) is 20.6. The number of hydrogen-bond donors (Lipinski definition) is 0. The fraction of sp³-hybridized carbons (Fsp3) is 0.412. The van der Waals surface area contributed by atoms with Crippen LogP contribution in [0.1, 0.15) is 60.5 Å². The predicted molar refractivity (Wildman–Crippen MR) is 162 cm³/mol. The Labute approximate surface area is 248 Å². The number of aromatic nitrogens is 3. The van der Waals surface area contributed by atoms with Crippen LogP contribution in [-0.4, -0.2) is 70.6 Å². The van der Waals surface area contributed by atoms with Crippen LogP contribution >= 0.6 is 0 Å². The van der Waals surface area contributed by atoms with E-state index in [9.17, 15) is 0 Å². The lowest BCUT2D eigenvalue weighted by Crippen LogP contribution is -2.43. The molecule has 218 valence electrons. The Hall–Kier alpha value is -3.74. The summed E-state index contributed by atoms with van der Waals surface area (Å²) in [5.74, 6) is 8.15. The molecule has 2 atom stereocenters. The maximum atomic E-state index is 6.12. The van der Waals surface area contributed by atoms with E-state index in [1.54, 1.807) is 6.20 Å². The van der Waals surface area contributed by atoms with Gasteiger partial charge in [-0.25, -0.2) is 4.98 Å². The molecule has 0 bridgehead atoms. The van der Waals surface area contributed by atoms with Gasteiger partial charge in [-0.2, -0.15) is 0 Å². The molecular formula is C34H39N5O3. The maximum Gasteiger partial charge on any atom is 0.167 e. The summed E-state index contributed by atoms with van der Waals surface area (Å²) in [5, 5.41) is 4.31. The monoisotopic (exact) mass is 565 g/mol. The fourth-order valence-corrected chi connectivity index (χ4v) is 5.44. The third-order valence-corrected chi connectivity index (χ3v) is 7.97. The van der Waals surface area contributed by atoms with Gasteiger partial charge in [-0.05, 0) is 75.2 Å². The largest absolute Gasteiger partial charge is 0.356 e. The van der Waals surface area contributed by atoms with Gasteiger partial charge in [0, 0.05) is 74.5 Å². The predicted octanol–water partition coefficient (Wildman–Crippen LogP) is 5.34. The normalized spacial score (nSPS) is 18.9. The van der Waals surface area contributed by atoms with Crippen molar-refractivity contribution >= 4 is 0 Å². The summed E-state index contributed by atoms with van der Waals surface area (Å²) < 4.78 is 19.6. The van der Waals surface area contributed by atoms with Crippen LogP contribution in [-0.2, 0) is 22.6 Å². The van der Waals surface area contributed by atoms with Crippen LogP contribution in [0.3, 0.4) is 0 Å². The van der Waals surface area contributed by atoms with E-state index in [1.165, 1.54) is 5.56 Å². The van der Waals surface area contributed by atoms with Crippen molar-refractivity contribution in [3.63, 3.8) is 0 Å². The van der Waals surface area contributed by atoms with E-state index >= 15 is 0 Å². The smallest absolute Gasteiger partial charge is 0.167 e. The molecule has 4 heterocycles. The number of rotatable bonds is 8. The molecule has 1 unspecified atom stereocenters. The molecule has 0 N–H and O–H groups in total. The number of benzene rings is 2. The van der Waals surface area contributed by atoms with E-state index in [4.69, 9.17) is 14.0 Å². The van der Waals surface area contributed by atoms with E-state index < -0.39 is 0 Å². The summed E-state index contributed by atoms with van der Waals surface area (Å²) in [5.41, 5.74) is 5.10. The molecule has 8 heteroatoms. The summed E-state index contributed by atoms with van der Waals surface area (Å²) in [7, 11) is 2.19. The van der Waals surface area contributed by atoms with Crippen LogP contribution in [0.25, 0.3) is 11.3 Å². The Kier molecular flexibility index (Phi) is 9.12. The zero-order valence-electron chi connectivity index (χ0n) is 24.5. The molecule has 2 aromatic heterocycles. The lowest BCUT2D eigenvalue weighted by atomic mass is 10.1. The average Bonchev–Trinajstić information content (AvgIpc) is 3.69. The van der Waals surface area contributed by atoms with Crippen LogP contribution in [0.5, 0.6) is 0 Å². The molecule has 0 spiro atoms. The summed E-state index contributed by atoms with van der Waals surface area (Å²) in [6.45, 7) is 8.85. The second-order valence-electron chi connectivity index (χ2n) is 11.3. The van der Waals surface area contributed by atoms with Crippen LogP contribution < -0.4 is 0 Å². The first-order valence-electron chi connectivity index (χ1n) is 14.9. The van der Waals surface area contributed by atoms with Crippen molar-refractivity contribution in [2.75, 3.05) is 39.8 Å². The number of imidazole rings is 1. The molecule has 6 rings (SSSR count). The summed E-state index contributed by atoms with van der Waals surface area (Å²) in [4.78, 5) is 9.43. The first kappa shape index (κ1) is 28.4. The van der Waals surface area contributed by atoms with Crippen molar-refractivity contribution in [2.45, 2.75) is 51.7 Å². The maximum absolute atomic E-state index is 6.12. The minimum Gasteiger partial charge on any atom is -0.356 e. The van der Waals surface area contributed by atoms with E-state index in [1.807, 2.05) is 48.0 Å². The average molecular weight is 566 g/mol. The number of ether oxygens (including phenoxy) is 2. The standard InChI is InChI=1S/C34H39N5O3/c1-26(41-33-5-3-4-22-40-33)34-35-16-17-39(34)25-31-23-32(42-36-31)30-14-12-28(13-15-30)7-6-27-8-10-29(11-9-27)24-38-20-18-37(2)19-21-38/h8-17,23,26,33H,3-5,18-22,24-25H2,1-2H3/t26-,33?/m0/s1. The molecule has 0 amide bonds. The van der Waals surface area contributed by atoms with Crippen molar-refractivity contribution < 1.29 is 14.0 Å². The van der Waals surface area contributed by atoms with E-state index in [0.717, 1.165) is 92.6 Å². The van der Waals surface area contributed by atoms with Gasteiger partial charge in [0.05, 0.1) is 6.54 Å². The number of hydrogen-bond acceptors (Lipinski definition) is 7. The molecule has 8 nitrogen and oxygen atoms in total. The Morgan fingerprint density at radius 1 is 0.952 bits per heavy atom. The van der Waals surface area contributed by atoms with Crippen LogP contribution in [0.2, 0.25) is 0 Å². The summed E-state index contributed by atoms with van der Waals surface area (Å²) in [6.07, 6.45) is 6.55. The van der Waals surface area contributed by atoms with Gasteiger partial charge in [0.25, 0.3) is 0 Å². The molecule has 0 aliphatic carbocycles. The van der Waals surface area contributed by atoms with Crippen molar-refractivity contribution in [2.24, 2.45) is 0 Å². The summed E-state index contributed by atoms with van der Waals surface area (Å²) >= 11 is 0. The topological polar surface area (TPSA) is 68.8 Å². The van der Waals surface area contributed by atoms with Gasteiger partial charge < -0.3 is 23.5 Å². The molecule has 4 aromatic rings. The van der Waals surface area contributed by atoms with E-state index in [0.29, 0.717) is 6.54 Å². The quantitative estimate of drug-likeness (QED) is 0.267. The first-order valence-corrected chi connectivity index (χ1v) is 14.9. The van der Waals surface area contributed by atoms with Gasteiger partial charge in [0.15, 0.2) is 12.1 Å². The van der Waals surface area contributed by atoms with E-state index in [-0.39, 0.29) is 12.4 Å². The van der Waals surface area contributed by atoms with Crippen molar-refractivity contribution in [1.82, 2.24) is 24.5 Å². The molecule has 42 heavy (non-hydrogen) atoms. The fourth-order valence-electron chi connectivity index (χ4n) is 5.44. The zero-order valence-corrected chi connectivity index (χ0v) is 24.5. The zero-order chi connectivity index (χ0) is 28.7. The van der Waals surface area contributed by atoms with Crippen molar-refractivity contribution in [3.8, 4) is 23.2 Å². The second kappa shape index (κ2) is 13.5.